The van der Waals surface area contributed by atoms with E-state index in [1.807, 2.05) is 0 Å². The minimum Gasteiger partial charge on any atom is -0.324 e. The third kappa shape index (κ3) is 2.87. The van der Waals surface area contributed by atoms with Crippen LogP contribution in [-0.2, 0) is 4.79 Å². The molecule has 0 radical (unpaired) electrons. The van der Waals surface area contributed by atoms with Gasteiger partial charge in [-0.15, -0.1) is 0 Å². The van der Waals surface area contributed by atoms with E-state index in [1.165, 1.54) is 12.8 Å². The van der Waals surface area contributed by atoms with Crippen LogP contribution in [0.3, 0.4) is 0 Å². The van der Waals surface area contributed by atoms with Crippen molar-refractivity contribution in [2.45, 2.75) is 51.2 Å². The van der Waals surface area contributed by atoms with Crippen LogP contribution in [0.4, 0.5) is 0 Å². The predicted octanol–water partition coefficient (Wildman–Crippen LogP) is 0.461. The quantitative estimate of drug-likeness (QED) is 0.757. The molecule has 98 valence electrons. The number of ketones is 1. The first kappa shape index (κ1) is 13.0. The SMILES string of the molecule is CC(C)N1C2CCC1CN(CCC(=O)CN)C2. The molecule has 2 N–H and O–H groups in total. The topological polar surface area (TPSA) is 49.6 Å². The van der Waals surface area contributed by atoms with Crippen molar-refractivity contribution in [3.05, 3.63) is 0 Å². The summed E-state index contributed by atoms with van der Waals surface area (Å²) in [5, 5.41) is 0. The lowest BCUT2D eigenvalue weighted by Crippen LogP contribution is -2.56. The van der Waals surface area contributed by atoms with Crippen LogP contribution in [0.25, 0.3) is 0 Å². The number of nitrogens with two attached hydrogens (primary N) is 1. The van der Waals surface area contributed by atoms with Gasteiger partial charge in [-0.3, -0.25) is 14.6 Å². The van der Waals surface area contributed by atoms with E-state index >= 15 is 0 Å². The minimum atomic E-state index is 0.184. The van der Waals surface area contributed by atoms with Gasteiger partial charge < -0.3 is 5.73 Å². The van der Waals surface area contributed by atoms with Crippen molar-refractivity contribution >= 4 is 5.78 Å². The highest BCUT2D eigenvalue weighted by molar-refractivity contribution is 5.80. The summed E-state index contributed by atoms with van der Waals surface area (Å²) in [6, 6.07) is 2.07. The van der Waals surface area contributed by atoms with Gasteiger partial charge in [0.25, 0.3) is 0 Å². The summed E-state index contributed by atoms with van der Waals surface area (Å²) in [6.07, 6.45) is 3.27. The van der Waals surface area contributed by atoms with Crippen LogP contribution >= 0.6 is 0 Å². The number of hydrogen-bond acceptors (Lipinski definition) is 4. The normalized spacial score (nSPS) is 30.1. The third-order valence-corrected chi connectivity index (χ3v) is 4.15. The fourth-order valence-electron chi connectivity index (χ4n) is 3.43. The molecule has 2 atom stereocenters. The molecule has 0 spiro atoms. The van der Waals surface area contributed by atoms with Gasteiger partial charge in [0.15, 0.2) is 0 Å². The first-order valence-corrected chi connectivity index (χ1v) is 6.83. The summed E-state index contributed by atoms with van der Waals surface area (Å²) in [6.45, 7) is 7.94. The molecule has 0 saturated carbocycles. The second-order valence-corrected chi connectivity index (χ2v) is 5.68. The maximum Gasteiger partial charge on any atom is 0.147 e. The zero-order chi connectivity index (χ0) is 12.4. The summed E-state index contributed by atoms with van der Waals surface area (Å²) >= 11 is 0. The number of fused-ring (bicyclic) bond motifs is 2. The van der Waals surface area contributed by atoms with E-state index in [-0.39, 0.29) is 12.3 Å². The van der Waals surface area contributed by atoms with Gasteiger partial charge >= 0.3 is 0 Å². The van der Waals surface area contributed by atoms with Crippen molar-refractivity contribution in [2.24, 2.45) is 5.73 Å². The van der Waals surface area contributed by atoms with E-state index in [0.717, 1.165) is 19.6 Å². The van der Waals surface area contributed by atoms with E-state index in [2.05, 4.69) is 23.6 Å². The molecule has 4 heteroatoms. The van der Waals surface area contributed by atoms with Crippen LogP contribution in [0.2, 0.25) is 0 Å². The van der Waals surface area contributed by atoms with Gasteiger partial charge in [-0.25, -0.2) is 0 Å². The molecule has 2 aliphatic heterocycles. The summed E-state index contributed by atoms with van der Waals surface area (Å²) < 4.78 is 0. The van der Waals surface area contributed by atoms with E-state index in [9.17, 15) is 4.79 Å². The Labute approximate surface area is 104 Å². The van der Waals surface area contributed by atoms with Crippen molar-refractivity contribution in [3.8, 4) is 0 Å². The molecule has 2 rings (SSSR count). The van der Waals surface area contributed by atoms with E-state index in [0.29, 0.717) is 24.5 Å². The molecule has 2 saturated heterocycles. The maximum absolute atomic E-state index is 11.2. The molecule has 2 fully saturated rings. The number of piperazine rings is 1. The molecule has 2 bridgehead atoms. The molecule has 2 heterocycles. The lowest BCUT2D eigenvalue weighted by atomic mass is 10.1. The highest BCUT2D eigenvalue weighted by Gasteiger charge is 2.40. The molecular formula is C13H25N3O. The number of carbonyl (C=O) groups excluding carboxylic acids is 1. The summed E-state index contributed by atoms with van der Waals surface area (Å²) in [5.41, 5.74) is 5.34. The summed E-state index contributed by atoms with van der Waals surface area (Å²) in [7, 11) is 0. The van der Waals surface area contributed by atoms with Crippen LogP contribution < -0.4 is 5.73 Å². The number of likely N-dealkylation sites (tertiary alicyclic amines) is 1. The molecule has 0 aliphatic carbocycles. The first-order chi connectivity index (χ1) is 8.11. The smallest absolute Gasteiger partial charge is 0.147 e. The number of nitrogens with zero attached hydrogens (tertiary/aromatic N) is 2. The first-order valence-electron chi connectivity index (χ1n) is 6.83. The fourth-order valence-corrected chi connectivity index (χ4v) is 3.43. The predicted molar refractivity (Wildman–Crippen MR) is 68.9 cm³/mol. The Hall–Kier alpha value is -0.450. The molecule has 0 aromatic heterocycles. The monoisotopic (exact) mass is 239 g/mol. The standard InChI is InChI=1S/C13H25N3O/c1-10(2)16-11-3-4-12(16)9-15(8-11)6-5-13(17)7-14/h10-12H,3-9,14H2,1-2H3. The zero-order valence-corrected chi connectivity index (χ0v) is 11.1. The Kier molecular flexibility index (Phi) is 4.17. The Bertz CT molecular complexity index is 266. The van der Waals surface area contributed by atoms with Gasteiger partial charge in [0.1, 0.15) is 5.78 Å². The number of hydrogen-bond donors (Lipinski definition) is 1. The Morgan fingerprint density at radius 2 is 1.88 bits per heavy atom. The van der Waals surface area contributed by atoms with Crippen molar-refractivity contribution in [1.29, 1.82) is 0 Å². The van der Waals surface area contributed by atoms with Crippen LogP contribution in [0.1, 0.15) is 33.1 Å². The zero-order valence-electron chi connectivity index (χ0n) is 11.1. The molecule has 2 aliphatic rings. The van der Waals surface area contributed by atoms with Crippen LogP contribution in [0.5, 0.6) is 0 Å². The molecule has 2 unspecified atom stereocenters. The Balaban J connectivity index is 1.85. The van der Waals surface area contributed by atoms with Crippen molar-refractivity contribution in [3.63, 3.8) is 0 Å². The second kappa shape index (κ2) is 5.46. The molecule has 4 nitrogen and oxygen atoms in total. The van der Waals surface area contributed by atoms with Gasteiger partial charge in [-0.2, -0.15) is 0 Å². The van der Waals surface area contributed by atoms with Gasteiger partial charge in [0.2, 0.25) is 0 Å². The van der Waals surface area contributed by atoms with Crippen LogP contribution in [-0.4, -0.2) is 59.9 Å². The summed E-state index contributed by atoms with van der Waals surface area (Å²) in [5.74, 6) is 0.184. The molecule has 17 heavy (non-hydrogen) atoms. The third-order valence-electron chi connectivity index (χ3n) is 4.15. The molecule has 0 amide bonds. The number of rotatable bonds is 5. The van der Waals surface area contributed by atoms with Gasteiger partial charge in [-0.1, -0.05) is 0 Å². The highest BCUT2D eigenvalue weighted by atomic mass is 16.1. The van der Waals surface area contributed by atoms with Gasteiger partial charge in [0, 0.05) is 44.2 Å². The molecular weight excluding hydrogens is 214 g/mol. The number of Topliss-reactive ketones (excluding diaryl/α,β-unsaturated/α-hetero) is 1. The number of carbonyl (C=O) groups is 1. The van der Waals surface area contributed by atoms with Gasteiger partial charge in [0.05, 0.1) is 6.54 Å². The maximum atomic E-state index is 11.2. The fraction of sp³-hybridized carbons (Fsp3) is 0.923. The Morgan fingerprint density at radius 1 is 1.29 bits per heavy atom. The van der Waals surface area contributed by atoms with Crippen molar-refractivity contribution in [2.75, 3.05) is 26.2 Å². The highest BCUT2D eigenvalue weighted by Crippen LogP contribution is 2.31. The van der Waals surface area contributed by atoms with E-state index < -0.39 is 0 Å². The van der Waals surface area contributed by atoms with Gasteiger partial charge in [-0.05, 0) is 26.7 Å². The minimum absolute atomic E-state index is 0.184. The average Bonchev–Trinajstić information content (AvgIpc) is 2.58. The van der Waals surface area contributed by atoms with Crippen molar-refractivity contribution in [1.82, 2.24) is 9.80 Å². The van der Waals surface area contributed by atoms with Crippen LogP contribution in [0.15, 0.2) is 0 Å². The lowest BCUT2D eigenvalue weighted by Gasteiger charge is -2.43. The largest absolute Gasteiger partial charge is 0.324 e. The van der Waals surface area contributed by atoms with Crippen LogP contribution in [0, 0.1) is 0 Å². The van der Waals surface area contributed by atoms with Crippen molar-refractivity contribution < 1.29 is 4.79 Å². The Morgan fingerprint density at radius 3 is 2.35 bits per heavy atom. The average molecular weight is 239 g/mol. The lowest BCUT2D eigenvalue weighted by molar-refractivity contribution is -0.118. The molecule has 0 aromatic rings. The second-order valence-electron chi connectivity index (χ2n) is 5.68. The summed E-state index contributed by atoms with van der Waals surface area (Å²) in [4.78, 5) is 16.4. The van der Waals surface area contributed by atoms with E-state index in [1.54, 1.807) is 0 Å². The molecule has 0 aromatic carbocycles. The van der Waals surface area contributed by atoms with E-state index in [4.69, 9.17) is 5.73 Å².